The van der Waals surface area contributed by atoms with Gasteiger partial charge in [-0.2, -0.15) is 0 Å². The summed E-state index contributed by atoms with van der Waals surface area (Å²) in [5.74, 6) is 1.74. The number of nitrogens with zero attached hydrogens (tertiary/aromatic N) is 1. The van der Waals surface area contributed by atoms with Crippen molar-refractivity contribution in [3.63, 3.8) is 0 Å². The fraction of sp³-hybridized carbons (Fsp3) is 0.636. The molecular formula is C11H18N2O. The summed E-state index contributed by atoms with van der Waals surface area (Å²) in [6, 6.07) is 2.06. The van der Waals surface area contributed by atoms with Gasteiger partial charge in [0.2, 0.25) is 0 Å². The van der Waals surface area contributed by atoms with Crippen LogP contribution in [0.5, 0.6) is 0 Å². The summed E-state index contributed by atoms with van der Waals surface area (Å²) < 4.78 is 5.28. The van der Waals surface area contributed by atoms with E-state index in [2.05, 4.69) is 11.0 Å². The number of hydrogen-bond acceptors (Lipinski definition) is 3. The number of nitrogens with two attached hydrogens (primary N) is 1. The van der Waals surface area contributed by atoms with Gasteiger partial charge in [-0.1, -0.05) is 0 Å². The first kappa shape index (κ1) is 9.74. The number of furan rings is 1. The third-order valence-corrected chi connectivity index (χ3v) is 3.06. The third-order valence-electron chi connectivity index (χ3n) is 3.06. The van der Waals surface area contributed by atoms with E-state index in [0.717, 1.165) is 25.4 Å². The lowest BCUT2D eigenvalue weighted by Gasteiger charge is -2.14. The Morgan fingerprint density at radius 3 is 3.07 bits per heavy atom. The Morgan fingerprint density at radius 2 is 2.50 bits per heavy atom. The normalized spacial score (nSPS) is 23.1. The van der Waals surface area contributed by atoms with Crippen LogP contribution in [-0.4, -0.2) is 24.5 Å². The molecule has 2 rings (SSSR count). The molecule has 3 nitrogen and oxygen atoms in total. The fourth-order valence-corrected chi connectivity index (χ4v) is 2.07. The van der Waals surface area contributed by atoms with Gasteiger partial charge in [0, 0.05) is 18.7 Å². The van der Waals surface area contributed by atoms with E-state index in [-0.39, 0.29) is 0 Å². The third kappa shape index (κ3) is 1.99. The molecule has 1 atom stereocenters. The van der Waals surface area contributed by atoms with Gasteiger partial charge in [0.1, 0.15) is 5.76 Å². The van der Waals surface area contributed by atoms with E-state index in [1.54, 1.807) is 6.26 Å². The maximum absolute atomic E-state index is 5.65. The van der Waals surface area contributed by atoms with Crippen LogP contribution >= 0.6 is 0 Å². The molecule has 0 saturated carbocycles. The van der Waals surface area contributed by atoms with Crippen LogP contribution in [0.4, 0.5) is 0 Å². The van der Waals surface area contributed by atoms with E-state index in [4.69, 9.17) is 10.2 Å². The highest BCUT2D eigenvalue weighted by Crippen LogP contribution is 2.19. The Bertz CT molecular complexity index is 295. The van der Waals surface area contributed by atoms with Gasteiger partial charge in [-0.05, 0) is 38.4 Å². The summed E-state index contributed by atoms with van der Waals surface area (Å²) in [6.45, 7) is 6.17. The first-order chi connectivity index (χ1) is 6.79. The van der Waals surface area contributed by atoms with Crippen LogP contribution in [-0.2, 0) is 6.54 Å². The van der Waals surface area contributed by atoms with Crippen molar-refractivity contribution in [1.29, 1.82) is 0 Å². The van der Waals surface area contributed by atoms with Crippen molar-refractivity contribution in [3.8, 4) is 0 Å². The average Bonchev–Trinajstić information content (AvgIpc) is 2.77. The zero-order valence-electron chi connectivity index (χ0n) is 8.70. The zero-order chi connectivity index (χ0) is 9.97. The molecule has 0 aliphatic carbocycles. The lowest BCUT2D eigenvalue weighted by atomic mass is 10.1. The molecule has 1 aromatic heterocycles. The zero-order valence-corrected chi connectivity index (χ0v) is 8.70. The molecule has 2 N–H and O–H groups in total. The second kappa shape index (κ2) is 4.15. The van der Waals surface area contributed by atoms with Crippen molar-refractivity contribution < 1.29 is 4.42 Å². The summed E-state index contributed by atoms with van der Waals surface area (Å²) in [5.41, 5.74) is 6.96. The topological polar surface area (TPSA) is 42.4 Å². The van der Waals surface area contributed by atoms with Gasteiger partial charge in [-0.3, -0.25) is 4.90 Å². The molecule has 0 radical (unpaired) electrons. The van der Waals surface area contributed by atoms with E-state index in [1.165, 1.54) is 18.5 Å². The van der Waals surface area contributed by atoms with Crippen molar-refractivity contribution in [2.45, 2.75) is 19.9 Å². The highest BCUT2D eigenvalue weighted by atomic mass is 16.3. The largest absolute Gasteiger partial charge is 0.469 e. The molecule has 0 aromatic carbocycles. The van der Waals surface area contributed by atoms with E-state index in [9.17, 15) is 0 Å². The van der Waals surface area contributed by atoms with Gasteiger partial charge < -0.3 is 10.2 Å². The predicted molar refractivity (Wildman–Crippen MR) is 55.9 cm³/mol. The van der Waals surface area contributed by atoms with Crippen LogP contribution in [0.1, 0.15) is 17.7 Å². The number of likely N-dealkylation sites (tertiary alicyclic amines) is 1. The van der Waals surface area contributed by atoms with Crippen LogP contribution < -0.4 is 5.73 Å². The lowest BCUT2D eigenvalue weighted by Crippen LogP contribution is -2.22. The van der Waals surface area contributed by atoms with Crippen LogP contribution in [0, 0.1) is 12.8 Å². The second-order valence-corrected chi connectivity index (χ2v) is 4.13. The van der Waals surface area contributed by atoms with Gasteiger partial charge in [-0.15, -0.1) is 0 Å². The minimum atomic E-state index is 0.696. The van der Waals surface area contributed by atoms with Gasteiger partial charge in [-0.25, -0.2) is 0 Å². The number of hydrogen-bond donors (Lipinski definition) is 1. The molecule has 0 bridgehead atoms. The molecule has 14 heavy (non-hydrogen) atoms. The Balaban J connectivity index is 1.90. The van der Waals surface area contributed by atoms with E-state index in [1.807, 2.05) is 6.92 Å². The first-order valence-corrected chi connectivity index (χ1v) is 5.25. The molecule has 1 unspecified atom stereocenters. The minimum Gasteiger partial charge on any atom is -0.469 e. The Hall–Kier alpha value is -0.800. The molecule has 1 saturated heterocycles. The molecule has 3 heteroatoms. The highest BCUT2D eigenvalue weighted by Gasteiger charge is 2.21. The molecule has 0 spiro atoms. The first-order valence-electron chi connectivity index (χ1n) is 5.25. The lowest BCUT2D eigenvalue weighted by molar-refractivity contribution is 0.315. The van der Waals surface area contributed by atoms with Crippen LogP contribution in [0.15, 0.2) is 16.7 Å². The van der Waals surface area contributed by atoms with Crippen molar-refractivity contribution >= 4 is 0 Å². The summed E-state index contributed by atoms with van der Waals surface area (Å²) in [6.07, 6.45) is 3.01. The maximum Gasteiger partial charge on any atom is 0.105 e. The van der Waals surface area contributed by atoms with Crippen molar-refractivity contribution in [2.75, 3.05) is 19.6 Å². The van der Waals surface area contributed by atoms with E-state index < -0.39 is 0 Å². The molecule has 78 valence electrons. The monoisotopic (exact) mass is 194 g/mol. The van der Waals surface area contributed by atoms with E-state index in [0.29, 0.717) is 5.92 Å². The summed E-state index contributed by atoms with van der Waals surface area (Å²) in [4.78, 5) is 2.45. The fourth-order valence-electron chi connectivity index (χ4n) is 2.07. The second-order valence-electron chi connectivity index (χ2n) is 4.13. The smallest absolute Gasteiger partial charge is 0.105 e. The maximum atomic E-state index is 5.65. The molecule has 1 fully saturated rings. The quantitative estimate of drug-likeness (QED) is 0.790. The van der Waals surface area contributed by atoms with Gasteiger partial charge >= 0.3 is 0 Å². The Morgan fingerprint density at radius 1 is 1.64 bits per heavy atom. The predicted octanol–water partition coefficient (Wildman–Crippen LogP) is 1.37. The Labute approximate surface area is 84.9 Å². The standard InChI is InChI=1S/C11H18N2O/c1-9-11(3-5-14-9)8-13-4-2-10(6-12)7-13/h3,5,10H,2,4,6-8,12H2,1H3. The molecule has 1 aliphatic heterocycles. The van der Waals surface area contributed by atoms with Gasteiger partial charge in [0.15, 0.2) is 0 Å². The number of aryl methyl sites for hydroxylation is 1. The average molecular weight is 194 g/mol. The highest BCUT2D eigenvalue weighted by molar-refractivity contribution is 5.15. The molecule has 0 amide bonds. The number of rotatable bonds is 3. The minimum absolute atomic E-state index is 0.696. The molecule has 2 heterocycles. The van der Waals surface area contributed by atoms with Crippen molar-refractivity contribution in [2.24, 2.45) is 11.7 Å². The van der Waals surface area contributed by atoms with Gasteiger partial charge in [0.25, 0.3) is 0 Å². The van der Waals surface area contributed by atoms with E-state index >= 15 is 0 Å². The Kier molecular flexibility index (Phi) is 2.89. The van der Waals surface area contributed by atoms with Crippen LogP contribution in [0.3, 0.4) is 0 Å². The van der Waals surface area contributed by atoms with Gasteiger partial charge in [0.05, 0.1) is 6.26 Å². The van der Waals surface area contributed by atoms with Crippen molar-refractivity contribution in [3.05, 3.63) is 23.7 Å². The van der Waals surface area contributed by atoms with Crippen LogP contribution in [0.25, 0.3) is 0 Å². The summed E-state index contributed by atoms with van der Waals surface area (Å²) in [7, 11) is 0. The van der Waals surface area contributed by atoms with Crippen molar-refractivity contribution in [1.82, 2.24) is 4.90 Å². The van der Waals surface area contributed by atoms with Crippen LogP contribution in [0.2, 0.25) is 0 Å². The summed E-state index contributed by atoms with van der Waals surface area (Å²) in [5, 5.41) is 0. The molecule has 1 aliphatic rings. The summed E-state index contributed by atoms with van der Waals surface area (Å²) >= 11 is 0. The molecular weight excluding hydrogens is 176 g/mol. The molecule has 1 aromatic rings. The SMILES string of the molecule is Cc1occc1CN1CCC(CN)C1.